The second kappa shape index (κ2) is 5.90. The Morgan fingerprint density at radius 3 is 2.89 bits per heavy atom. The summed E-state index contributed by atoms with van der Waals surface area (Å²) in [5.74, 6) is 0.0974. The van der Waals surface area contributed by atoms with Gasteiger partial charge in [-0.1, -0.05) is 6.07 Å². The van der Waals surface area contributed by atoms with E-state index in [1.54, 1.807) is 0 Å². The minimum atomic E-state index is 0. The maximum Gasteiger partial charge on any atom is 0.253 e. The molecule has 2 aliphatic rings. The fourth-order valence-corrected chi connectivity index (χ4v) is 2.62. The monoisotopic (exact) mass is 282 g/mol. The van der Waals surface area contributed by atoms with E-state index in [0.717, 1.165) is 31.7 Å². The summed E-state index contributed by atoms with van der Waals surface area (Å²) < 4.78 is 5.33. The molecular weight excluding hydrogens is 264 g/mol. The average molecular weight is 283 g/mol. The molecule has 19 heavy (non-hydrogen) atoms. The van der Waals surface area contributed by atoms with Crippen molar-refractivity contribution < 1.29 is 9.53 Å². The molecule has 104 valence electrons. The number of ether oxygens (including phenoxy) is 1. The molecule has 0 spiro atoms. The van der Waals surface area contributed by atoms with Crippen LogP contribution in [0.5, 0.6) is 0 Å². The molecule has 2 aliphatic heterocycles. The Kier molecular flexibility index (Phi) is 4.45. The summed E-state index contributed by atoms with van der Waals surface area (Å²) in [6, 6.07) is 6.23. The second-order valence-electron chi connectivity index (χ2n) is 5.02. The van der Waals surface area contributed by atoms with Gasteiger partial charge in [-0.15, -0.1) is 12.4 Å². The first-order valence-corrected chi connectivity index (χ1v) is 6.43. The lowest BCUT2D eigenvalue weighted by Gasteiger charge is -2.23. The van der Waals surface area contributed by atoms with E-state index in [0.29, 0.717) is 6.61 Å². The molecule has 0 bridgehead atoms. The Labute approximate surface area is 119 Å². The van der Waals surface area contributed by atoms with Crippen LogP contribution in [0.25, 0.3) is 0 Å². The topological polar surface area (TPSA) is 41.6 Å². The van der Waals surface area contributed by atoms with Crippen LogP contribution >= 0.6 is 12.4 Å². The van der Waals surface area contributed by atoms with Gasteiger partial charge in [0.15, 0.2) is 0 Å². The van der Waals surface area contributed by atoms with E-state index in [-0.39, 0.29) is 24.4 Å². The third kappa shape index (κ3) is 2.76. The fourth-order valence-electron chi connectivity index (χ4n) is 2.62. The quantitative estimate of drug-likeness (QED) is 0.895. The number of rotatable bonds is 2. The number of likely N-dealkylation sites (N-methyl/N-ethyl adjacent to an activating group) is 1. The Morgan fingerprint density at radius 1 is 1.37 bits per heavy atom. The van der Waals surface area contributed by atoms with Gasteiger partial charge in [-0.05, 0) is 29.7 Å². The molecule has 1 saturated heterocycles. The van der Waals surface area contributed by atoms with Crippen LogP contribution in [0.4, 0.5) is 0 Å². The first kappa shape index (κ1) is 14.3. The van der Waals surface area contributed by atoms with Crippen LogP contribution < -0.4 is 5.32 Å². The molecule has 0 saturated carbocycles. The minimum Gasteiger partial charge on any atom is -0.379 e. The molecule has 1 amide bonds. The van der Waals surface area contributed by atoms with Gasteiger partial charge in [-0.3, -0.25) is 4.79 Å². The van der Waals surface area contributed by atoms with Crippen molar-refractivity contribution in [3.8, 4) is 0 Å². The van der Waals surface area contributed by atoms with Crippen LogP contribution in [0.3, 0.4) is 0 Å². The van der Waals surface area contributed by atoms with Crippen molar-refractivity contribution in [2.45, 2.75) is 25.6 Å². The van der Waals surface area contributed by atoms with Gasteiger partial charge in [0.2, 0.25) is 0 Å². The van der Waals surface area contributed by atoms with Gasteiger partial charge in [0.1, 0.15) is 0 Å². The van der Waals surface area contributed by atoms with Crippen LogP contribution in [-0.2, 0) is 17.8 Å². The summed E-state index contributed by atoms with van der Waals surface area (Å²) in [6.07, 6.45) is 0.939. The highest BCUT2D eigenvalue weighted by Gasteiger charge is 2.25. The molecule has 1 aromatic carbocycles. The molecule has 4 nitrogen and oxygen atoms in total. The van der Waals surface area contributed by atoms with Crippen molar-refractivity contribution in [1.29, 1.82) is 0 Å². The van der Waals surface area contributed by atoms with Gasteiger partial charge in [0.25, 0.3) is 5.91 Å². The summed E-state index contributed by atoms with van der Waals surface area (Å²) in [7, 11) is 1.87. The molecule has 0 aliphatic carbocycles. The fraction of sp³-hybridized carbons (Fsp3) is 0.500. The number of fused-ring (bicyclic) bond motifs is 1. The van der Waals surface area contributed by atoms with Crippen LogP contribution in [0.15, 0.2) is 18.2 Å². The summed E-state index contributed by atoms with van der Waals surface area (Å²) in [5.41, 5.74) is 3.34. The van der Waals surface area contributed by atoms with Crippen molar-refractivity contribution in [1.82, 2.24) is 10.2 Å². The maximum atomic E-state index is 12.4. The zero-order valence-electron chi connectivity index (χ0n) is 11.0. The summed E-state index contributed by atoms with van der Waals surface area (Å²) >= 11 is 0. The highest BCUT2D eigenvalue weighted by Crippen LogP contribution is 2.19. The van der Waals surface area contributed by atoms with Crippen LogP contribution in [0.2, 0.25) is 0 Å². The predicted molar refractivity (Wildman–Crippen MR) is 75.6 cm³/mol. The third-order valence-electron chi connectivity index (χ3n) is 3.86. The van der Waals surface area contributed by atoms with E-state index in [9.17, 15) is 4.79 Å². The van der Waals surface area contributed by atoms with E-state index in [2.05, 4.69) is 11.4 Å². The number of nitrogens with one attached hydrogen (secondary N) is 1. The Hall–Kier alpha value is -1.10. The van der Waals surface area contributed by atoms with Gasteiger partial charge in [0.05, 0.1) is 12.6 Å². The molecular formula is C14H19ClN2O2. The van der Waals surface area contributed by atoms with Crippen molar-refractivity contribution in [2.24, 2.45) is 0 Å². The molecule has 0 radical (unpaired) electrons. The summed E-state index contributed by atoms with van der Waals surface area (Å²) in [5, 5.41) is 3.29. The third-order valence-corrected chi connectivity index (χ3v) is 3.86. The number of benzene rings is 1. The zero-order valence-corrected chi connectivity index (χ0v) is 11.8. The highest BCUT2D eigenvalue weighted by molar-refractivity contribution is 5.94. The van der Waals surface area contributed by atoms with Crippen molar-refractivity contribution >= 4 is 18.3 Å². The smallest absolute Gasteiger partial charge is 0.253 e. The van der Waals surface area contributed by atoms with Crippen molar-refractivity contribution in [3.63, 3.8) is 0 Å². The molecule has 1 N–H and O–H groups in total. The molecule has 5 heteroatoms. The number of carbonyl (C=O) groups excluding carboxylic acids is 1. The van der Waals surface area contributed by atoms with E-state index in [4.69, 9.17) is 4.74 Å². The predicted octanol–water partition coefficient (Wildman–Crippen LogP) is 1.57. The summed E-state index contributed by atoms with van der Waals surface area (Å²) in [6.45, 7) is 3.20. The zero-order chi connectivity index (χ0) is 12.5. The van der Waals surface area contributed by atoms with Gasteiger partial charge < -0.3 is 15.0 Å². The molecule has 0 aromatic heterocycles. The largest absolute Gasteiger partial charge is 0.379 e. The average Bonchev–Trinajstić information content (AvgIpc) is 3.06. The maximum absolute atomic E-state index is 12.4. The molecule has 3 rings (SSSR count). The lowest BCUT2D eigenvalue weighted by atomic mass is 10.0. The first-order valence-electron chi connectivity index (χ1n) is 6.43. The lowest BCUT2D eigenvalue weighted by Crippen LogP contribution is -2.37. The SMILES string of the molecule is CN(C(=O)c1ccc2c(c1)CNC2)C1CCOC1.Cl. The molecule has 1 aromatic rings. The lowest BCUT2D eigenvalue weighted by molar-refractivity contribution is 0.0711. The van der Waals surface area contributed by atoms with E-state index < -0.39 is 0 Å². The number of hydrogen-bond acceptors (Lipinski definition) is 3. The highest BCUT2D eigenvalue weighted by atomic mass is 35.5. The van der Waals surface area contributed by atoms with Crippen molar-refractivity contribution in [3.05, 3.63) is 34.9 Å². The van der Waals surface area contributed by atoms with E-state index >= 15 is 0 Å². The van der Waals surface area contributed by atoms with Gasteiger partial charge in [-0.2, -0.15) is 0 Å². The first-order chi connectivity index (χ1) is 8.75. The Morgan fingerprint density at radius 2 is 2.16 bits per heavy atom. The number of amides is 1. The van der Waals surface area contributed by atoms with Gasteiger partial charge in [-0.25, -0.2) is 0 Å². The molecule has 1 fully saturated rings. The standard InChI is InChI=1S/C14H18N2O2.ClH/c1-16(13-4-5-18-9-13)14(17)10-2-3-11-7-15-8-12(11)6-10;/h2-3,6,13,15H,4-5,7-9H2,1H3;1H. The van der Waals surface area contributed by atoms with Gasteiger partial charge >= 0.3 is 0 Å². The van der Waals surface area contributed by atoms with E-state index in [1.165, 1.54) is 11.1 Å². The van der Waals surface area contributed by atoms with Crippen LogP contribution in [0.1, 0.15) is 27.9 Å². The van der Waals surface area contributed by atoms with Crippen molar-refractivity contribution in [2.75, 3.05) is 20.3 Å². The van der Waals surface area contributed by atoms with Crippen LogP contribution in [0, 0.1) is 0 Å². The van der Waals surface area contributed by atoms with E-state index in [1.807, 2.05) is 24.1 Å². The van der Waals surface area contributed by atoms with Gasteiger partial charge in [0, 0.05) is 32.3 Å². The minimum absolute atomic E-state index is 0. The Bertz CT molecular complexity index is 473. The Balaban J connectivity index is 0.00000133. The second-order valence-corrected chi connectivity index (χ2v) is 5.02. The number of hydrogen-bond donors (Lipinski definition) is 1. The molecule has 2 heterocycles. The number of carbonyl (C=O) groups is 1. The normalized spacial score (nSPS) is 20.8. The summed E-state index contributed by atoms with van der Waals surface area (Å²) in [4.78, 5) is 14.2. The molecule has 1 atom stereocenters. The van der Waals surface area contributed by atoms with Crippen LogP contribution in [-0.4, -0.2) is 37.1 Å². The number of halogens is 1. The molecule has 1 unspecified atom stereocenters. The number of nitrogens with zero attached hydrogens (tertiary/aromatic N) is 1.